The van der Waals surface area contributed by atoms with Gasteiger partial charge in [0.05, 0.1) is 6.20 Å². The van der Waals surface area contributed by atoms with Crippen LogP contribution in [0.5, 0.6) is 5.75 Å². The van der Waals surface area contributed by atoms with Gasteiger partial charge >= 0.3 is 0 Å². The number of benzene rings is 1. The third kappa shape index (κ3) is 4.99. The number of piperidine rings is 1. The molecule has 1 atom stereocenters. The van der Waals surface area contributed by atoms with Crippen LogP contribution in [0.2, 0.25) is 0 Å². The van der Waals surface area contributed by atoms with E-state index in [1.807, 2.05) is 34.1 Å². The minimum Gasteiger partial charge on any atom is -0.489 e. The van der Waals surface area contributed by atoms with Crippen molar-refractivity contribution < 1.29 is 14.3 Å². The van der Waals surface area contributed by atoms with Gasteiger partial charge in [-0.3, -0.25) is 14.6 Å². The molecule has 1 aromatic heterocycles. The molecule has 2 saturated heterocycles. The summed E-state index contributed by atoms with van der Waals surface area (Å²) in [6, 6.07) is 11.8. The summed E-state index contributed by atoms with van der Waals surface area (Å²) in [5.74, 6) is 1.54. The summed E-state index contributed by atoms with van der Waals surface area (Å²) in [6.45, 7) is 4.74. The van der Waals surface area contributed by atoms with Crippen LogP contribution >= 0.6 is 0 Å². The third-order valence-electron chi connectivity index (χ3n) is 6.12. The molecule has 2 aliphatic heterocycles. The minimum atomic E-state index is 0.0880. The molecule has 0 bridgehead atoms. The van der Waals surface area contributed by atoms with E-state index in [0.29, 0.717) is 19.0 Å². The van der Waals surface area contributed by atoms with Gasteiger partial charge in [-0.05, 0) is 48.6 Å². The van der Waals surface area contributed by atoms with Crippen LogP contribution in [0.3, 0.4) is 0 Å². The van der Waals surface area contributed by atoms with Crippen molar-refractivity contribution in [3.8, 4) is 5.75 Å². The van der Waals surface area contributed by atoms with Crippen molar-refractivity contribution in [2.45, 2.75) is 38.7 Å². The van der Waals surface area contributed by atoms with Gasteiger partial charge in [0.2, 0.25) is 5.91 Å². The molecule has 158 valence electrons. The number of amides is 2. The van der Waals surface area contributed by atoms with Crippen LogP contribution in [0.4, 0.5) is 0 Å². The largest absolute Gasteiger partial charge is 0.489 e. The molecule has 3 heterocycles. The fourth-order valence-electron chi connectivity index (χ4n) is 4.37. The summed E-state index contributed by atoms with van der Waals surface area (Å²) < 4.78 is 5.97. The van der Waals surface area contributed by atoms with Crippen molar-refractivity contribution in [1.29, 1.82) is 0 Å². The van der Waals surface area contributed by atoms with E-state index in [1.54, 1.807) is 19.3 Å². The highest BCUT2D eigenvalue weighted by molar-refractivity contribution is 5.94. The third-order valence-corrected chi connectivity index (χ3v) is 6.12. The number of ether oxygens (including phenoxy) is 1. The first-order valence-corrected chi connectivity index (χ1v) is 10.8. The maximum absolute atomic E-state index is 12.9. The molecular formula is C24H29N3O3. The van der Waals surface area contributed by atoms with Crippen molar-refractivity contribution in [3.63, 3.8) is 0 Å². The van der Waals surface area contributed by atoms with Gasteiger partial charge in [0.1, 0.15) is 11.9 Å². The molecule has 2 fully saturated rings. The average Bonchev–Trinajstić information content (AvgIpc) is 3.24. The first-order chi connectivity index (χ1) is 14.6. The number of aromatic nitrogens is 1. The van der Waals surface area contributed by atoms with Crippen molar-refractivity contribution in [3.05, 3.63) is 59.9 Å². The minimum absolute atomic E-state index is 0.0880. The predicted molar refractivity (Wildman–Crippen MR) is 114 cm³/mol. The van der Waals surface area contributed by atoms with Crippen LogP contribution in [0.15, 0.2) is 48.8 Å². The van der Waals surface area contributed by atoms with E-state index >= 15 is 0 Å². The van der Waals surface area contributed by atoms with Crippen molar-refractivity contribution in [1.82, 2.24) is 14.8 Å². The van der Waals surface area contributed by atoms with Crippen molar-refractivity contribution >= 4 is 11.8 Å². The van der Waals surface area contributed by atoms with Crippen molar-refractivity contribution in [2.24, 2.45) is 5.92 Å². The summed E-state index contributed by atoms with van der Waals surface area (Å²) >= 11 is 0. The number of likely N-dealkylation sites (tertiary alicyclic amines) is 2. The van der Waals surface area contributed by atoms with E-state index in [0.717, 1.165) is 50.1 Å². The Hall–Kier alpha value is -2.89. The lowest BCUT2D eigenvalue weighted by atomic mass is 9.97. The van der Waals surface area contributed by atoms with E-state index < -0.39 is 0 Å². The van der Waals surface area contributed by atoms with E-state index in [4.69, 9.17) is 4.74 Å². The molecule has 30 heavy (non-hydrogen) atoms. The second-order valence-electron chi connectivity index (χ2n) is 8.32. The van der Waals surface area contributed by atoms with Crippen LogP contribution in [0.25, 0.3) is 0 Å². The smallest absolute Gasteiger partial charge is 0.253 e. The highest BCUT2D eigenvalue weighted by atomic mass is 16.5. The molecule has 0 saturated carbocycles. The number of nitrogens with zero attached hydrogens (tertiary/aromatic N) is 3. The van der Waals surface area contributed by atoms with E-state index in [1.165, 1.54) is 5.56 Å². The lowest BCUT2D eigenvalue weighted by Crippen LogP contribution is -2.41. The first kappa shape index (κ1) is 20.4. The van der Waals surface area contributed by atoms with Crippen molar-refractivity contribution in [2.75, 3.05) is 26.2 Å². The van der Waals surface area contributed by atoms with Gasteiger partial charge in [0.25, 0.3) is 5.91 Å². The van der Waals surface area contributed by atoms with Crippen LogP contribution in [0.1, 0.15) is 42.1 Å². The lowest BCUT2D eigenvalue weighted by molar-refractivity contribution is -0.127. The Balaban J connectivity index is 1.26. The lowest BCUT2D eigenvalue weighted by Gasteiger charge is -2.32. The number of pyridine rings is 1. The predicted octanol–water partition coefficient (Wildman–Crippen LogP) is 3.18. The molecule has 6 heteroatoms. The van der Waals surface area contributed by atoms with Gasteiger partial charge in [-0.1, -0.05) is 12.1 Å². The fraction of sp³-hybridized carbons (Fsp3) is 0.458. The van der Waals surface area contributed by atoms with Crippen LogP contribution < -0.4 is 4.74 Å². The summed E-state index contributed by atoms with van der Waals surface area (Å²) in [7, 11) is 0. The molecule has 0 aliphatic carbocycles. The van der Waals surface area contributed by atoms with Crippen LogP contribution in [-0.4, -0.2) is 58.9 Å². The zero-order chi connectivity index (χ0) is 20.9. The first-order valence-electron chi connectivity index (χ1n) is 10.8. The zero-order valence-electron chi connectivity index (χ0n) is 17.5. The molecule has 4 rings (SSSR count). The molecule has 0 N–H and O–H groups in total. The Labute approximate surface area is 177 Å². The molecule has 1 unspecified atom stereocenters. The Kier molecular flexibility index (Phi) is 6.31. The topological polar surface area (TPSA) is 62.7 Å². The molecule has 2 aromatic rings. The fourth-order valence-corrected chi connectivity index (χ4v) is 4.37. The van der Waals surface area contributed by atoms with E-state index in [9.17, 15) is 9.59 Å². The summed E-state index contributed by atoms with van der Waals surface area (Å²) in [5, 5.41) is 0. The molecule has 2 amide bonds. The number of hydrogen-bond acceptors (Lipinski definition) is 4. The molecule has 1 aromatic carbocycles. The Morgan fingerprint density at radius 1 is 1.03 bits per heavy atom. The Bertz CT molecular complexity index is 861. The van der Waals surface area contributed by atoms with Gasteiger partial charge in [0, 0.05) is 57.7 Å². The molecule has 0 spiro atoms. The molecule has 0 radical (unpaired) electrons. The van der Waals surface area contributed by atoms with Gasteiger partial charge < -0.3 is 14.5 Å². The van der Waals surface area contributed by atoms with E-state index in [2.05, 4.69) is 17.1 Å². The second kappa shape index (κ2) is 9.28. The maximum atomic E-state index is 12.9. The SMILES string of the molecule is CC(=O)N1CCC(Cc2ccc(C(=O)N3CCC(Oc4cccnc4)CC3)cc2)C1. The number of carbonyl (C=O) groups is 2. The van der Waals surface area contributed by atoms with Crippen LogP contribution in [0, 0.1) is 5.92 Å². The second-order valence-corrected chi connectivity index (χ2v) is 8.32. The van der Waals surface area contributed by atoms with Gasteiger partial charge in [-0.15, -0.1) is 0 Å². The highest BCUT2D eigenvalue weighted by Gasteiger charge is 2.26. The Morgan fingerprint density at radius 2 is 1.77 bits per heavy atom. The quantitative estimate of drug-likeness (QED) is 0.764. The van der Waals surface area contributed by atoms with Gasteiger partial charge in [0.15, 0.2) is 0 Å². The molecule has 6 nitrogen and oxygen atoms in total. The normalized spacial score (nSPS) is 19.7. The molecule has 2 aliphatic rings. The number of rotatable bonds is 5. The standard InChI is InChI=1S/C24H29N3O3/c1-18(28)27-12-8-20(17-27)15-19-4-6-21(7-5-19)24(29)26-13-9-22(10-14-26)30-23-3-2-11-25-16-23/h2-7,11,16,20,22H,8-10,12-15,17H2,1H3. The van der Waals surface area contributed by atoms with Gasteiger partial charge in [-0.25, -0.2) is 0 Å². The summed E-state index contributed by atoms with van der Waals surface area (Å²) in [5.41, 5.74) is 1.97. The monoisotopic (exact) mass is 407 g/mol. The average molecular weight is 408 g/mol. The summed E-state index contributed by atoms with van der Waals surface area (Å²) in [4.78, 5) is 32.3. The van der Waals surface area contributed by atoms with Crippen LogP contribution in [-0.2, 0) is 11.2 Å². The zero-order valence-corrected chi connectivity index (χ0v) is 17.5. The number of carbonyl (C=O) groups excluding carboxylic acids is 2. The summed E-state index contributed by atoms with van der Waals surface area (Å²) in [6.07, 6.45) is 7.24. The maximum Gasteiger partial charge on any atom is 0.253 e. The van der Waals surface area contributed by atoms with Gasteiger partial charge in [-0.2, -0.15) is 0 Å². The van der Waals surface area contributed by atoms with E-state index in [-0.39, 0.29) is 17.9 Å². The Morgan fingerprint density at radius 3 is 2.40 bits per heavy atom. The number of hydrogen-bond donors (Lipinski definition) is 0. The molecular weight excluding hydrogens is 378 g/mol. The highest BCUT2D eigenvalue weighted by Crippen LogP contribution is 2.22.